The van der Waals surface area contributed by atoms with Crippen molar-refractivity contribution in [3.8, 4) is 111 Å². The van der Waals surface area contributed by atoms with Gasteiger partial charge in [-0.1, -0.05) is 386 Å². The predicted molar refractivity (Wildman–Crippen MR) is 464 cm³/mol. The zero-order chi connectivity index (χ0) is 72.6. The maximum atomic E-state index is 6.49. The molecular weight excluding hydrogens is 1310 g/mol. The molecule has 0 spiro atoms. The van der Waals surface area contributed by atoms with Crippen LogP contribution in [0, 0.1) is 0 Å². The average Bonchev–Trinajstić information content (AvgIpc) is 1.39. The summed E-state index contributed by atoms with van der Waals surface area (Å²) in [6.45, 7) is 9.53. The second-order valence-corrected chi connectivity index (χ2v) is 30.8. The van der Waals surface area contributed by atoms with Gasteiger partial charge >= 0.3 is 0 Å². The number of benzene rings is 19. The topological polar surface area (TPSA) is 13.1 Å². The van der Waals surface area contributed by atoms with Crippen molar-refractivity contribution < 1.29 is 4.42 Å². The second kappa shape index (κ2) is 25.1. The van der Waals surface area contributed by atoms with E-state index >= 15 is 0 Å². The molecule has 0 bridgehead atoms. The van der Waals surface area contributed by atoms with Gasteiger partial charge in [0.05, 0.1) is 0 Å². The second-order valence-electron chi connectivity index (χ2n) is 30.8. The van der Waals surface area contributed by atoms with Gasteiger partial charge < -0.3 is 4.42 Å². The Morgan fingerprint density at radius 3 is 0.963 bits per heavy atom. The van der Waals surface area contributed by atoms with E-state index in [0.29, 0.717) is 0 Å². The molecule has 2 aliphatic rings. The largest absolute Gasteiger partial charge is 0.455 e. The third kappa shape index (κ3) is 10.1. The first-order valence-corrected chi connectivity index (χ1v) is 38.2. The van der Waals surface area contributed by atoms with Crippen LogP contribution in [0.4, 0.5) is 0 Å². The van der Waals surface area contributed by atoms with Gasteiger partial charge in [-0.3, -0.25) is 0 Å². The fourth-order valence-electron chi connectivity index (χ4n) is 19.2. The smallest absolute Gasteiger partial charge is 0.143 e. The Kier molecular flexibility index (Phi) is 14.7. The molecule has 0 fully saturated rings. The van der Waals surface area contributed by atoms with Crippen LogP contribution in [0.3, 0.4) is 0 Å². The quantitative estimate of drug-likeness (QED) is 0.138. The van der Waals surface area contributed by atoms with Crippen molar-refractivity contribution in [2.45, 2.75) is 38.5 Å². The Balaban J connectivity index is 0.000000140. The van der Waals surface area contributed by atoms with E-state index in [-0.39, 0.29) is 10.8 Å². The molecule has 0 amide bonds. The Hall–Kier alpha value is -13.5. The molecule has 1 aromatic heterocycles. The number of furan rings is 1. The van der Waals surface area contributed by atoms with Crippen molar-refractivity contribution in [3.05, 3.63) is 398 Å². The van der Waals surface area contributed by atoms with Gasteiger partial charge in [0.15, 0.2) is 0 Å². The van der Waals surface area contributed by atoms with E-state index in [1.54, 1.807) is 0 Å². The van der Waals surface area contributed by atoms with Crippen molar-refractivity contribution in [1.82, 2.24) is 0 Å². The minimum absolute atomic E-state index is 0.0817. The maximum absolute atomic E-state index is 6.49. The Labute approximate surface area is 634 Å². The van der Waals surface area contributed by atoms with E-state index in [2.05, 4.69) is 398 Å². The van der Waals surface area contributed by atoms with Crippen LogP contribution < -0.4 is 0 Å². The molecule has 109 heavy (non-hydrogen) atoms. The number of hydrogen-bond donors (Lipinski definition) is 0. The molecule has 0 unspecified atom stereocenters. The van der Waals surface area contributed by atoms with Gasteiger partial charge in [0, 0.05) is 27.2 Å². The molecule has 22 rings (SSSR count). The molecule has 0 aliphatic heterocycles. The summed E-state index contributed by atoms with van der Waals surface area (Å²) in [5.74, 6) is 0. The fourth-order valence-corrected chi connectivity index (χ4v) is 19.2. The summed E-state index contributed by atoms with van der Waals surface area (Å²) in [7, 11) is 0. The summed E-state index contributed by atoms with van der Waals surface area (Å²) in [6, 6.07) is 139. The van der Waals surface area contributed by atoms with Crippen molar-refractivity contribution in [3.63, 3.8) is 0 Å². The number of rotatable bonds is 8. The lowest BCUT2D eigenvalue weighted by Crippen LogP contribution is -2.15. The highest BCUT2D eigenvalue weighted by molar-refractivity contribution is 6.24. The van der Waals surface area contributed by atoms with Crippen molar-refractivity contribution in [2.24, 2.45) is 0 Å². The van der Waals surface area contributed by atoms with Gasteiger partial charge in [-0.2, -0.15) is 0 Å². The lowest BCUT2D eigenvalue weighted by molar-refractivity contribution is 0.666. The molecule has 0 N–H and O–H groups in total. The molecule has 1 nitrogen and oxygen atoms in total. The Morgan fingerprint density at radius 1 is 0.183 bits per heavy atom. The normalized spacial score (nSPS) is 13.1. The van der Waals surface area contributed by atoms with E-state index in [9.17, 15) is 0 Å². The van der Waals surface area contributed by atoms with Crippen LogP contribution in [-0.4, -0.2) is 0 Å². The zero-order valence-corrected chi connectivity index (χ0v) is 61.2. The van der Waals surface area contributed by atoms with Crippen LogP contribution >= 0.6 is 0 Å². The first kappa shape index (κ1) is 64.0. The molecule has 0 saturated heterocycles. The van der Waals surface area contributed by atoms with Crippen LogP contribution in [0.25, 0.3) is 198 Å². The lowest BCUT2D eigenvalue weighted by atomic mass is 9.80. The minimum Gasteiger partial charge on any atom is -0.455 e. The third-order valence-electron chi connectivity index (χ3n) is 24.1. The van der Waals surface area contributed by atoms with Gasteiger partial charge in [0.25, 0.3) is 0 Å². The summed E-state index contributed by atoms with van der Waals surface area (Å²) in [5.41, 5.74) is 32.5. The maximum Gasteiger partial charge on any atom is 0.143 e. The fraction of sp³-hybridized carbons (Fsp3) is 0.0556. The van der Waals surface area contributed by atoms with Gasteiger partial charge in [-0.15, -0.1) is 0 Å². The van der Waals surface area contributed by atoms with Crippen LogP contribution in [0.5, 0.6) is 0 Å². The van der Waals surface area contributed by atoms with Crippen LogP contribution in [0.1, 0.15) is 49.9 Å². The molecule has 0 atom stereocenters. The minimum atomic E-state index is -0.0959. The van der Waals surface area contributed by atoms with Gasteiger partial charge in [0.1, 0.15) is 11.2 Å². The first-order valence-electron chi connectivity index (χ1n) is 38.2. The number of para-hydroxylation sites is 2. The van der Waals surface area contributed by atoms with E-state index in [4.69, 9.17) is 4.42 Å². The zero-order valence-electron chi connectivity index (χ0n) is 61.2. The van der Waals surface area contributed by atoms with Crippen molar-refractivity contribution in [2.75, 3.05) is 0 Å². The Bertz CT molecular complexity index is 7010. The van der Waals surface area contributed by atoms with Gasteiger partial charge in [-0.05, 0) is 211 Å². The summed E-state index contributed by atoms with van der Waals surface area (Å²) in [6.07, 6.45) is 0. The monoisotopic (exact) mass is 1390 g/mol. The lowest BCUT2D eigenvalue weighted by Gasteiger charge is -2.23. The number of fused-ring (bicyclic) bond motifs is 17. The van der Waals surface area contributed by atoms with E-state index < -0.39 is 0 Å². The van der Waals surface area contributed by atoms with Crippen molar-refractivity contribution in [1.29, 1.82) is 0 Å². The van der Waals surface area contributed by atoms with E-state index in [0.717, 1.165) is 33.1 Å². The molecule has 20 aromatic rings. The standard InChI is InChI=1S/C57H38O.C51H36/c1-57(2)50-26-13-23-40(54(50)49-33-32-35-14-3-4-17-41(35)55(49)57)36-28-30-37(31-29-36)52-44-19-5-7-21-46(44)53(47-22-8-6-20-45(47)52)39-16-11-15-38(34-39)42-24-12-25-48-43-18-9-10-27-51(43)58-56(42)48;1-51(2)46-25-13-24-39(49(46)45-31-30-34-16-6-7-19-40(34)50(45)51)35-26-28-36(29-27-35)47-41-20-8-10-22-43(41)48(44-23-11-9-21-42(44)47)38-18-12-17-37(32-38)33-14-4-3-5-15-33/h3-34H,1-2H3;3-32H,1-2H3. The van der Waals surface area contributed by atoms with Crippen molar-refractivity contribution >= 4 is 86.6 Å². The van der Waals surface area contributed by atoms with Crippen LogP contribution in [0.15, 0.2) is 381 Å². The SMILES string of the molecule is CC1(C)c2cccc(-c3ccc(-c4c5ccccc5c(-c5cccc(-c6cccc7c6oc6ccccc67)c5)c5ccccc45)cc3)c2-c2ccc3ccccc3c21.CC1(C)c2cccc(-c3ccc(-c4c5ccccc5c(-c5cccc(-c6ccccc6)c5)c5ccccc45)cc3)c2-c2ccc3ccccc3c21. The van der Waals surface area contributed by atoms with E-state index in [1.807, 2.05) is 6.07 Å². The van der Waals surface area contributed by atoms with Gasteiger partial charge in [0.2, 0.25) is 0 Å². The highest BCUT2D eigenvalue weighted by atomic mass is 16.3. The molecule has 2 aliphatic carbocycles. The molecule has 1 heterocycles. The summed E-state index contributed by atoms with van der Waals surface area (Å²) in [5, 5.41) is 17.6. The van der Waals surface area contributed by atoms with Crippen LogP contribution in [0.2, 0.25) is 0 Å². The molecule has 1 heteroatoms. The summed E-state index contributed by atoms with van der Waals surface area (Å²) in [4.78, 5) is 0. The first-order chi connectivity index (χ1) is 53.6. The number of hydrogen-bond acceptors (Lipinski definition) is 1. The third-order valence-corrected chi connectivity index (χ3v) is 24.1. The predicted octanol–water partition coefficient (Wildman–Crippen LogP) is 30.1. The summed E-state index contributed by atoms with van der Waals surface area (Å²) < 4.78 is 6.49. The van der Waals surface area contributed by atoms with Gasteiger partial charge in [-0.25, -0.2) is 0 Å². The molecule has 512 valence electrons. The molecule has 0 saturated carbocycles. The average molecular weight is 1390 g/mol. The highest BCUT2D eigenvalue weighted by Gasteiger charge is 2.40. The van der Waals surface area contributed by atoms with Crippen LogP contribution in [-0.2, 0) is 10.8 Å². The summed E-state index contributed by atoms with van der Waals surface area (Å²) >= 11 is 0. The molecule has 19 aromatic carbocycles. The highest BCUT2D eigenvalue weighted by Crippen LogP contribution is 2.57. The van der Waals surface area contributed by atoms with E-state index in [1.165, 1.54) is 187 Å². The molecular formula is C108H74O. The Morgan fingerprint density at radius 2 is 0.505 bits per heavy atom. The molecule has 0 radical (unpaired) electrons.